The monoisotopic (exact) mass is 632 g/mol. The van der Waals surface area contributed by atoms with Gasteiger partial charge in [-0.25, -0.2) is 0 Å². The zero-order valence-electron chi connectivity index (χ0n) is 29.0. The van der Waals surface area contributed by atoms with E-state index in [0.29, 0.717) is 0 Å². The van der Waals surface area contributed by atoms with Crippen LogP contribution in [0.4, 0.5) is 5.00 Å². The number of thiophene rings is 1. The van der Waals surface area contributed by atoms with Crippen LogP contribution in [0.15, 0.2) is 36.5 Å². The van der Waals surface area contributed by atoms with E-state index < -0.39 is 0 Å². The van der Waals surface area contributed by atoms with Crippen molar-refractivity contribution in [1.29, 1.82) is 0 Å². The molecule has 0 aliphatic rings. The Labute approximate surface area is 275 Å². The van der Waals surface area contributed by atoms with Gasteiger partial charge in [0.15, 0.2) is 11.5 Å². The first-order chi connectivity index (χ1) is 21.8. The van der Waals surface area contributed by atoms with Gasteiger partial charge in [0.2, 0.25) is 0 Å². The summed E-state index contributed by atoms with van der Waals surface area (Å²) >= 11 is 1.90. The number of unbranched alkanes of at least 4 members (excludes halogenated alkanes) is 10. The molecule has 0 atom stereocenters. The number of nitrogens with zero attached hydrogens (tertiary/aromatic N) is 4. The summed E-state index contributed by atoms with van der Waals surface area (Å²) in [5.41, 5.74) is 2.91. The van der Waals surface area contributed by atoms with Crippen LogP contribution in [0.25, 0.3) is 23.1 Å². The van der Waals surface area contributed by atoms with Crippen LogP contribution < -0.4 is 19.6 Å². The summed E-state index contributed by atoms with van der Waals surface area (Å²) in [6.45, 7) is 13.7. The molecule has 0 unspecified atom stereocenters. The first-order valence-corrected chi connectivity index (χ1v) is 18.1. The topological polar surface area (TPSA) is 51.9 Å². The maximum absolute atomic E-state index is 5.70. The van der Waals surface area contributed by atoms with E-state index in [2.05, 4.69) is 73.4 Å². The Morgan fingerprint density at radius 3 is 2.04 bits per heavy atom. The third kappa shape index (κ3) is 9.25. The van der Waals surface area contributed by atoms with E-state index >= 15 is 0 Å². The minimum Gasteiger partial charge on any atom is -0.497 e. The van der Waals surface area contributed by atoms with E-state index in [1.165, 1.54) is 92.5 Å². The Morgan fingerprint density at radius 1 is 0.800 bits per heavy atom. The Balaban J connectivity index is 1.64. The minimum absolute atomic E-state index is 0.0655. The molecule has 0 saturated heterocycles. The first kappa shape index (κ1) is 34.8. The summed E-state index contributed by atoms with van der Waals surface area (Å²) in [6, 6.07) is 10.4. The number of hydrogen-bond donors (Lipinski definition) is 0. The lowest BCUT2D eigenvalue weighted by molar-refractivity contribution is 0.404. The Morgan fingerprint density at radius 2 is 1.44 bits per heavy atom. The molecule has 1 aromatic carbocycles. The van der Waals surface area contributed by atoms with Crippen molar-refractivity contribution in [2.24, 2.45) is 0 Å². The van der Waals surface area contributed by atoms with E-state index in [4.69, 9.17) is 14.6 Å². The molecule has 0 aliphatic carbocycles. The molecule has 6 nitrogen and oxygen atoms in total. The van der Waals surface area contributed by atoms with Crippen molar-refractivity contribution in [2.75, 3.05) is 32.2 Å². The van der Waals surface area contributed by atoms with E-state index in [0.717, 1.165) is 46.8 Å². The number of hydrogen-bond acceptors (Lipinski definition) is 6. The molecule has 0 N–H and O–H groups in total. The van der Waals surface area contributed by atoms with Crippen LogP contribution in [-0.4, -0.2) is 41.9 Å². The van der Waals surface area contributed by atoms with Crippen molar-refractivity contribution in [3.8, 4) is 22.9 Å². The quantitative estimate of drug-likeness (QED) is 0.0963. The third-order valence-corrected chi connectivity index (χ3v) is 9.81. The van der Waals surface area contributed by atoms with E-state index in [1.807, 2.05) is 29.5 Å². The fraction of sp³-hybridized carbons (Fsp3) is 0.579. The predicted octanol–water partition coefficient (Wildman–Crippen LogP) is 9.85. The molecule has 0 radical (unpaired) electrons. The summed E-state index contributed by atoms with van der Waals surface area (Å²) in [6.07, 6.45) is 20.5. The number of rotatable bonds is 19. The average Bonchev–Trinajstić information content (AvgIpc) is 3.76. The highest BCUT2D eigenvalue weighted by atomic mass is 32.1. The van der Waals surface area contributed by atoms with Gasteiger partial charge >= 0.3 is 0 Å². The lowest BCUT2D eigenvalue weighted by Gasteiger charge is -2.23. The zero-order chi connectivity index (χ0) is 32.2. The molecule has 4 rings (SSSR count). The van der Waals surface area contributed by atoms with Gasteiger partial charge in [0.25, 0.3) is 0 Å². The van der Waals surface area contributed by atoms with Crippen molar-refractivity contribution < 1.29 is 9.47 Å². The van der Waals surface area contributed by atoms with Crippen molar-refractivity contribution in [3.05, 3.63) is 52.2 Å². The number of benzene rings is 1. The number of methoxy groups -OCH3 is 2. The summed E-state index contributed by atoms with van der Waals surface area (Å²) in [4.78, 5) is 3.90. The molecule has 4 aromatic rings. The lowest BCUT2D eigenvalue weighted by Crippen LogP contribution is -2.24. The second kappa shape index (κ2) is 17.0. The lowest BCUT2D eigenvalue weighted by atomic mass is 9.88. The van der Waals surface area contributed by atoms with E-state index in [-0.39, 0.29) is 5.41 Å². The molecular formula is C38H56N4O2S. The highest BCUT2D eigenvalue weighted by Gasteiger charge is 2.24. The van der Waals surface area contributed by atoms with Gasteiger partial charge in [0, 0.05) is 29.4 Å². The van der Waals surface area contributed by atoms with E-state index in [9.17, 15) is 0 Å². The molecule has 7 heteroatoms. The number of anilines is 1. The van der Waals surface area contributed by atoms with Crippen LogP contribution in [0.1, 0.15) is 122 Å². The predicted molar refractivity (Wildman–Crippen MR) is 192 cm³/mol. The van der Waals surface area contributed by atoms with Crippen LogP contribution in [0.3, 0.4) is 0 Å². The minimum atomic E-state index is -0.0655. The molecule has 246 valence electrons. The number of fused-ring (bicyclic) bond motifs is 1. The second-order valence-corrected chi connectivity index (χ2v) is 14.4. The molecule has 3 heterocycles. The maximum atomic E-state index is 5.70. The smallest absolute Gasteiger partial charge is 0.172 e. The summed E-state index contributed by atoms with van der Waals surface area (Å²) < 4.78 is 13.3. The summed E-state index contributed by atoms with van der Waals surface area (Å²) in [5, 5.41) is 11.9. The Hall–Kier alpha value is -3.06. The van der Waals surface area contributed by atoms with Gasteiger partial charge < -0.3 is 14.4 Å². The molecule has 45 heavy (non-hydrogen) atoms. The van der Waals surface area contributed by atoms with Crippen LogP contribution in [-0.2, 0) is 5.41 Å². The SMILES string of the molecule is CCCCCCCCN(CCCCCCCC)c1ccc(/C=c2/c(C(C)(C)C)cn3c(-c4cc(OC)ccc4OC)nnc23)s1. The van der Waals surface area contributed by atoms with Crippen LogP contribution in [0.2, 0.25) is 0 Å². The van der Waals surface area contributed by atoms with Gasteiger partial charge in [-0.2, -0.15) is 0 Å². The molecule has 0 amide bonds. The normalized spacial score (nSPS) is 12.4. The third-order valence-electron chi connectivity index (χ3n) is 8.71. The van der Waals surface area contributed by atoms with Gasteiger partial charge in [-0.15, -0.1) is 21.5 Å². The van der Waals surface area contributed by atoms with Gasteiger partial charge in [0.05, 0.1) is 24.8 Å². The van der Waals surface area contributed by atoms with Crippen molar-refractivity contribution in [2.45, 2.75) is 117 Å². The van der Waals surface area contributed by atoms with Crippen LogP contribution >= 0.6 is 11.3 Å². The van der Waals surface area contributed by atoms with Crippen molar-refractivity contribution >= 4 is 28.1 Å². The molecular weight excluding hydrogens is 577 g/mol. The Kier molecular flexibility index (Phi) is 13.2. The number of aromatic nitrogens is 3. The molecule has 0 bridgehead atoms. The van der Waals surface area contributed by atoms with Gasteiger partial charge in [-0.3, -0.25) is 4.40 Å². The van der Waals surface area contributed by atoms with Gasteiger partial charge in [-0.05, 0) is 60.2 Å². The van der Waals surface area contributed by atoms with Gasteiger partial charge in [0.1, 0.15) is 11.5 Å². The highest BCUT2D eigenvalue weighted by Crippen LogP contribution is 2.34. The molecule has 0 saturated carbocycles. The Bertz CT molecular complexity index is 1500. The number of ether oxygens (including phenoxy) is 2. The highest BCUT2D eigenvalue weighted by molar-refractivity contribution is 7.16. The van der Waals surface area contributed by atoms with Crippen molar-refractivity contribution in [1.82, 2.24) is 14.6 Å². The molecule has 0 spiro atoms. The summed E-state index contributed by atoms with van der Waals surface area (Å²) in [5.74, 6) is 2.25. The second-order valence-electron chi connectivity index (χ2n) is 13.3. The molecule has 0 fully saturated rings. The largest absolute Gasteiger partial charge is 0.497 e. The molecule has 3 aromatic heterocycles. The molecule has 0 aliphatic heterocycles. The fourth-order valence-electron chi connectivity index (χ4n) is 6.06. The van der Waals surface area contributed by atoms with Crippen molar-refractivity contribution in [3.63, 3.8) is 0 Å². The first-order valence-electron chi connectivity index (χ1n) is 17.3. The van der Waals surface area contributed by atoms with E-state index in [1.54, 1.807) is 14.2 Å². The zero-order valence-corrected chi connectivity index (χ0v) is 29.8. The van der Waals surface area contributed by atoms with Crippen LogP contribution in [0.5, 0.6) is 11.5 Å². The van der Waals surface area contributed by atoms with Gasteiger partial charge in [-0.1, -0.05) is 98.8 Å². The maximum Gasteiger partial charge on any atom is 0.172 e. The van der Waals surface area contributed by atoms with Crippen LogP contribution in [0, 0.1) is 0 Å². The fourth-order valence-corrected chi connectivity index (χ4v) is 7.06. The summed E-state index contributed by atoms with van der Waals surface area (Å²) in [7, 11) is 3.36. The average molecular weight is 633 g/mol. The standard InChI is InChI=1S/C38H56N4O2S/c1-8-10-12-14-16-18-24-41(25-19-17-15-13-11-9-2)35-23-21-30(45-35)27-31-33(38(3,4)5)28-42-36(31)39-40-37(42)32-26-29(43-6)20-22-34(32)44-7/h20-23,26-28H,8-19,24-25H2,1-7H3/b31-27-.